The minimum Gasteiger partial charge on any atom is -0.326 e. The first-order valence-electron chi connectivity index (χ1n) is 6.61. The molecule has 18 heavy (non-hydrogen) atoms. The zero-order valence-electron chi connectivity index (χ0n) is 11.2. The molecule has 2 aromatic carbocycles. The van der Waals surface area contributed by atoms with Gasteiger partial charge in [0.25, 0.3) is 0 Å². The first-order chi connectivity index (χ1) is 8.68. The molecule has 0 saturated carbocycles. The van der Waals surface area contributed by atoms with Crippen LogP contribution in [0.5, 0.6) is 0 Å². The third kappa shape index (κ3) is 3.09. The molecule has 0 fully saturated rings. The lowest BCUT2D eigenvalue weighted by Crippen LogP contribution is -2.37. The van der Waals surface area contributed by atoms with Gasteiger partial charge in [0.1, 0.15) is 0 Å². The van der Waals surface area contributed by atoms with E-state index in [0.29, 0.717) is 5.92 Å². The lowest BCUT2D eigenvalue weighted by Gasteiger charge is -2.16. The summed E-state index contributed by atoms with van der Waals surface area (Å²) in [5, 5.41) is 6.07. The average Bonchev–Trinajstić information content (AvgIpc) is 2.38. The molecule has 2 heteroatoms. The van der Waals surface area contributed by atoms with E-state index < -0.39 is 0 Å². The number of hydrogen-bond acceptors (Lipinski definition) is 2. The summed E-state index contributed by atoms with van der Waals surface area (Å²) in [7, 11) is 0. The Morgan fingerprint density at radius 2 is 1.78 bits per heavy atom. The molecule has 0 aliphatic rings. The van der Waals surface area contributed by atoms with Crippen LogP contribution in [-0.2, 0) is 6.54 Å². The molecular weight excluding hydrogens is 220 g/mol. The molecule has 0 spiro atoms. The van der Waals surface area contributed by atoms with E-state index in [-0.39, 0.29) is 6.04 Å². The largest absolute Gasteiger partial charge is 0.326 e. The van der Waals surface area contributed by atoms with E-state index in [1.807, 2.05) is 0 Å². The SMILES string of the molecule is CC(C)C(N)CNCc1cccc2ccccc12. The van der Waals surface area contributed by atoms with Crippen molar-refractivity contribution in [3.8, 4) is 0 Å². The zero-order valence-corrected chi connectivity index (χ0v) is 11.2. The van der Waals surface area contributed by atoms with Crippen LogP contribution >= 0.6 is 0 Å². The fourth-order valence-corrected chi connectivity index (χ4v) is 2.06. The molecule has 1 atom stereocenters. The highest BCUT2D eigenvalue weighted by molar-refractivity contribution is 5.85. The van der Waals surface area contributed by atoms with E-state index in [1.165, 1.54) is 16.3 Å². The molecule has 0 aliphatic heterocycles. The van der Waals surface area contributed by atoms with Gasteiger partial charge in [0.2, 0.25) is 0 Å². The Morgan fingerprint density at radius 3 is 2.56 bits per heavy atom. The van der Waals surface area contributed by atoms with Gasteiger partial charge in [-0.3, -0.25) is 0 Å². The van der Waals surface area contributed by atoms with Gasteiger partial charge in [0.05, 0.1) is 0 Å². The van der Waals surface area contributed by atoms with Gasteiger partial charge in [-0.2, -0.15) is 0 Å². The molecule has 3 N–H and O–H groups in total. The van der Waals surface area contributed by atoms with Crippen molar-refractivity contribution in [2.75, 3.05) is 6.54 Å². The van der Waals surface area contributed by atoms with Gasteiger partial charge < -0.3 is 11.1 Å². The molecule has 0 saturated heterocycles. The summed E-state index contributed by atoms with van der Waals surface area (Å²) < 4.78 is 0. The van der Waals surface area contributed by atoms with E-state index in [9.17, 15) is 0 Å². The highest BCUT2D eigenvalue weighted by Gasteiger charge is 2.07. The number of benzene rings is 2. The van der Waals surface area contributed by atoms with E-state index in [0.717, 1.165) is 13.1 Å². The second-order valence-corrected chi connectivity index (χ2v) is 5.18. The maximum Gasteiger partial charge on any atom is 0.0212 e. The van der Waals surface area contributed by atoms with E-state index in [4.69, 9.17) is 5.73 Å². The average molecular weight is 242 g/mol. The fraction of sp³-hybridized carbons (Fsp3) is 0.375. The maximum atomic E-state index is 6.03. The van der Waals surface area contributed by atoms with Crippen LogP contribution < -0.4 is 11.1 Å². The van der Waals surface area contributed by atoms with Crippen LogP contribution in [-0.4, -0.2) is 12.6 Å². The Bertz CT molecular complexity index is 500. The molecule has 0 radical (unpaired) electrons. The maximum absolute atomic E-state index is 6.03. The Balaban J connectivity index is 2.04. The topological polar surface area (TPSA) is 38.0 Å². The van der Waals surface area contributed by atoms with Crippen LogP contribution in [0, 0.1) is 5.92 Å². The molecule has 0 aromatic heterocycles. The number of rotatable bonds is 5. The van der Waals surface area contributed by atoms with Crippen molar-refractivity contribution in [1.82, 2.24) is 5.32 Å². The third-order valence-corrected chi connectivity index (χ3v) is 3.43. The number of nitrogens with one attached hydrogen (secondary N) is 1. The Morgan fingerprint density at radius 1 is 1.06 bits per heavy atom. The quantitative estimate of drug-likeness (QED) is 0.846. The van der Waals surface area contributed by atoms with Crippen molar-refractivity contribution in [1.29, 1.82) is 0 Å². The standard InChI is InChI=1S/C16H22N2/c1-12(2)16(17)11-18-10-14-8-5-7-13-6-3-4-9-15(13)14/h3-9,12,16,18H,10-11,17H2,1-2H3. The van der Waals surface area contributed by atoms with Gasteiger partial charge in [0.15, 0.2) is 0 Å². The predicted octanol–water partition coefficient (Wildman–Crippen LogP) is 2.91. The monoisotopic (exact) mass is 242 g/mol. The van der Waals surface area contributed by atoms with Gasteiger partial charge in [-0.15, -0.1) is 0 Å². The molecule has 0 bridgehead atoms. The van der Waals surface area contributed by atoms with Gasteiger partial charge in [-0.25, -0.2) is 0 Å². The molecule has 2 aromatic rings. The van der Waals surface area contributed by atoms with Gasteiger partial charge >= 0.3 is 0 Å². The lowest BCUT2D eigenvalue weighted by atomic mass is 10.0. The summed E-state index contributed by atoms with van der Waals surface area (Å²) in [6.45, 7) is 6.05. The van der Waals surface area contributed by atoms with Crippen LogP contribution in [0.3, 0.4) is 0 Å². The summed E-state index contributed by atoms with van der Waals surface area (Å²) in [6.07, 6.45) is 0. The molecule has 0 amide bonds. The molecular formula is C16H22N2. The van der Waals surface area contributed by atoms with Gasteiger partial charge in [0, 0.05) is 19.1 Å². The van der Waals surface area contributed by atoms with Crippen molar-refractivity contribution in [3.63, 3.8) is 0 Å². The summed E-state index contributed by atoms with van der Waals surface area (Å²) in [6, 6.07) is 15.2. The first kappa shape index (κ1) is 13.1. The van der Waals surface area contributed by atoms with Crippen molar-refractivity contribution >= 4 is 10.8 Å². The van der Waals surface area contributed by atoms with Crippen molar-refractivity contribution < 1.29 is 0 Å². The molecule has 0 heterocycles. The Labute approximate surface area is 109 Å². The molecule has 0 aliphatic carbocycles. The molecule has 2 nitrogen and oxygen atoms in total. The lowest BCUT2D eigenvalue weighted by molar-refractivity contribution is 0.458. The second-order valence-electron chi connectivity index (χ2n) is 5.18. The van der Waals surface area contributed by atoms with Crippen molar-refractivity contribution in [3.05, 3.63) is 48.0 Å². The highest BCUT2D eigenvalue weighted by Crippen LogP contribution is 2.18. The Kier molecular flexibility index (Phi) is 4.34. The number of hydrogen-bond donors (Lipinski definition) is 2. The highest BCUT2D eigenvalue weighted by atomic mass is 14.9. The van der Waals surface area contributed by atoms with E-state index in [1.54, 1.807) is 0 Å². The van der Waals surface area contributed by atoms with Crippen LogP contribution in [0.2, 0.25) is 0 Å². The zero-order chi connectivity index (χ0) is 13.0. The Hall–Kier alpha value is -1.38. The predicted molar refractivity (Wildman–Crippen MR) is 78.5 cm³/mol. The molecule has 1 unspecified atom stereocenters. The fourth-order valence-electron chi connectivity index (χ4n) is 2.06. The van der Waals surface area contributed by atoms with Gasteiger partial charge in [-0.1, -0.05) is 56.3 Å². The smallest absolute Gasteiger partial charge is 0.0212 e. The minimum atomic E-state index is 0.222. The van der Waals surface area contributed by atoms with Crippen molar-refractivity contribution in [2.24, 2.45) is 11.7 Å². The molecule has 96 valence electrons. The summed E-state index contributed by atoms with van der Waals surface area (Å²) in [5.74, 6) is 0.519. The first-order valence-corrected chi connectivity index (χ1v) is 6.61. The minimum absolute atomic E-state index is 0.222. The van der Waals surface area contributed by atoms with Crippen LogP contribution in [0.4, 0.5) is 0 Å². The number of fused-ring (bicyclic) bond motifs is 1. The normalized spacial score (nSPS) is 13.1. The summed E-state index contributed by atoms with van der Waals surface area (Å²) >= 11 is 0. The number of nitrogens with two attached hydrogens (primary N) is 1. The third-order valence-electron chi connectivity index (χ3n) is 3.43. The van der Waals surface area contributed by atoms with E-state index >= 15 is 0 Å². The van der Waals surface area contributed by atoms with Crippen LogP contribution in [0.25, 0.3) is 10.8 Å². The second kappa shape index (κ2) is 5.98. The van der Waals surface area contributed by atoms with Crippen LogP contribution in [0.1, 0.15) is 19.4 Å². The van der Waals surface area contributed by atoms with Crippen molar-refractivity contribution in [2.45, 2.75) is 26.4 Å². The van der Waals surface area contributed by atoms with Gasteiger partial charge in [-0.05, 0) is 22.3 Å². The van der Waals surface area contributed by atoms with Crippen LogP contribution in [0.15, 0.2) is 42.5 Å². The summed E-state index contributed by atoms with van der Waals surface area (Å²) in [5.41, 5.74) is 7.37. The summed E-state index contributed by atoms with van der Waals surface area (Å²) in [4.78, 5) is 0. The van der Waals surface area contributed by atoms with E-state index in [2.05, 4.69) is 61.6 Å². The molecule has 2 rings (SSSR count).